The van der Waals surface area contributed by atoms with E-state index in [9.17, 15) is 9.59 Å². The van der Waals surface area contributed by atoms with Crippen molar-refractivity contribution in [2.75, 3.05) is 31.9 Å². The number of azo groups is 1. The van der Waals surface area contributed by atoms with Gasteiger partial charge in [0.15, 0.2) is 17.3 Å². The number of ketones is 1. The summed E-state index contributed by atoms with van der Waals surface area (Å²) in [5.41, 5.74) is 0.333. The normalized spacial score (nSPS) is 11.7. The van der Waals surface area contributed by atoms with Gasteiger partial charge in [-0.15, -0.1) is 5.11 Å². The van der Waals surface area contributed by atoms with Crippen LogP contribution in [0.25, 0.3) is 0 Å². The van der Waals surface area contributed by atoms with Crippen molar-refractivity contribution in [1.82, 2.24) is 0 Å². The molecule has 0 fully saturated rings. The second-order valence-corrected chi connectivity index (χ2v) is 7.22. The molecule has 1 unspecified atom stereocenters. The summed E-state index contributed by atoms with van der Waals surface area (Å²) in [6, 6.07) is 6.39. The number of carbonyl (C=O) groups excluding carboxylic acids is 2. The predicted molar refractivity (Wildman–Crippen MR) is 126 cm³/mol. The van der Waals surface area contributed by atoms with Crippen molar-refractivity contribution in [3.63, 3.8) is 0 Å². The molecule has 0 aliphatic rings. The van der Waals surface area contributed by atoms with Gasteiger partial charge >= 0.3 is 0 Å². The Labute approximate surface area is 202 Å². The molecule has 0 aliphatic heterocycles. The Morgan fingerprint density at radius 3 is 2.30 bits per heavy atom. The van der Waals surface area contributed by atoms with Crippen LogP contribution in [-0.4, -0.2) is 45.2 Å². The Morgan fingerprint density at radius 1 is 1.03 bits per heavy atom. The van der Waals surface area contributed by atoms with Gasteiger partial charge < -0.3 is 18.9 Å². The zero-order chi connectivity index (χ0) is 24.5. The van der Waals surface area contributed by atoms with E-state index in [0.717, 1.165) is 4.42 Å². The number of amides is 1. The van der Waals surface area contributed by atoms with Gasteiger partial charge in [0.25, 0.3) is 5.91 Å². The third-order valence-electron chi connectivity index (χ3n) is 4.31. The number of rotatable bonds is 11. The molecular weight excluding hydrogens is 473 g/mol. The van der Waals surface area contributed by atoms with E-state index in [2.05, 4.69) is 10.2 Å². The highest BCUT2D eigenvalue weighted by Crippen LogP contribution is 2.43. The smallest absolute Gasteiger partial charge is 0.276 e. The van der Waals surface area contributed by atoms with Gasteiger partial charge in [0.05, 0.1) is 32.5 Å². The molecule has 0 bridgehead atoms. The van der Waals surface area contributed by atoms with Gasteiger partial charge in [-0.2, -0.15) is 5.11 Å². The van der Waals surface area contributed by atoms with Crippen molar-refractivity contribution in [1.29, 1.82) is 0 Å². The van der Waals surface area contributed by atoms with Crippen LogP contribution in [0, 0.1) is 0 Å². The van der Waals surface area contributed by atoms with Crippen LogP contribution in [-0.2, 0) is 9.59 Å². The maximum absolute atomic E-state index is 13.1. The molecular formula is C22H25Cl2N3O6. The number of benzene rings is 2. The van der Waals surface area contributed by atoms with E-state index in [1.54, 1.807) is 31.2 Å². The summed E-state index contributed by atoms with van der Waals surface area (Å²) in [5.74, 6) is 0.0215. The molecule has 0 saturated heterocycles. The van der Waals surface area contributed by atoms with Gasteiger partial charge in [0.2, 0.25) is 6.04 Å². The summed E-state index contributed by atoms with van der Waals surface area (Å²) in [4.78, 5) is 25.3. The minimum absolute atomic E-state index is 0.106. The first-order valence-corrected chi connectivity index (χ1v) is 10.7. The van der Waals surface area contributed by atoms with Crippen LogP contribution in [0.1, 0.15) is 20.8 Å². The monoisotopic (exact) mass is 497 g/mol. The quantitative estimate of drug-likeness (QED) is 0.234. The number of halogens is 2. The Kier molecular flexibility index (Phi) is 9.74. The summed E-state index contributed by atoms with van der Waals surface area (Å²) < 4.78 is 22.3. The summed E-state index contributed by atoms with van der Waals surface area (Å²) in [5, 5.41) is 8.13. The molecule has 0 aliphatic carbocycles. The van der Waals surface area contributed by atoms with Crippen LogP contribution in [0.2, 0.25) is 5.02 Å². The molecule has 0 N–H and O–H groups in total. The fourth-order valence-corrected chi connectivity index (χ4v) is 3.23. The number of methoxy groups -OCH3 is 2. The zero-order valence-corrected chi connectivity index (χ0v) is 20.4. The van der Waals surface area contributed by atoms with Crippen molar-refractivity contribution >= 4 is 46.4 Å². The number of nitrogens with zero attached hydrogens (tertiary/aromatic N) is 3. The van der Waals surface area contributed by atoms with Gasteiger partial charge in [-0.25, -0.2) is 4.42 Å². The molecule has 2 rings (SSSR count). The number of ether oxygens (including phenoxy) is 4. The summed E-state index contributed by atoms with van der Waals surface area (Å²) in [7, 11) is 2.86. The molecule has 0 radical (unpaired) electrons. The van der Waals surface area contributed by atoms with Crippen LogP contribution in [0.3, 0.4) is 0 Å². The maximum atomic E-state index is 13.1. The lowest BCUT2D eigenvalue weighted by atomic mass is 10.2. The molecule has 0 saturated carbocycles. The lowest BCUT2D eigenvalue weighted by Crippen LogP contribution is -2.36. The topological polar surface area (TPSA) is 99.0 Å². The molecule has 0 heterocycles. The summed E-state index contributed by atoms with van der Waals surface area (Å²) in [6.45, 7) is 5.62. The Balaban J connectivity index is 2.41. The Bertz CT molecular complexity index is 1030. The van der Waals surface area contributed by atoms with Crippen LogP contribution in [0.4, 0.5) is 11.4 Å². The van der Waals surface area contributed by atoms with Crippen molar-refractivity contribution in [3.05, 3.63) is 35.4 Å². The molecule has 0 aromatic heterocycles. The van der Waals surface area contributed by atoms with E-state index in [1.165, 1.54) is 27.2 Å². The van der Waals surface area contributed by atoms with Gasteiger partial charge in [-0.05, 0) is 45.0 Å². The minimum atomic E-state index is -1.53. The Morgan fingerprint density at radius 2 is 1.73 bits per heavy atom. The molecule has 2 aromatic carbocycles. The first kappa shape index (κ1) is 26.2. The van der Waals surface area contributed by atoms with Crippen LogP contribution >= 0.6 is 23.4 Å². The van der Waals surface area contributed by atoms with E-state index in [4.69, 9.17) is 42.3 Å². The molecule has 178 valence electrons. The van der Waals surface area contributed by atoms with E-state index in [0.29, 0.717) is 30.5 Å². The number of hydrogen-bond donors (Lipinski definition) is 0. The first-order valence-electron chi connectivity index (χ1n) is 10.00. The predicted octanol–water partition coefficient (Wildman–Crippen LogP) is 5.38. The SMILES string of the molecule is CCOc1ccc(N(Cl)C(=O)C(N=Nc2c(Cl)ccc(OC)c2OC)C(C)=O)c(OCC)c1. The second-order valence-electron chi connectivity index (χ2n) is 6.47. The highest BCUT2D eigenvalue weighted by molar-refractivity contribution is 6.39. The average molecular weight is 498 g/mol. The third-order valence-corrected chi connectivity index (χ3v) is 4.96. The second kappa shape index (κ2) is 12.3. The van der Waals surface area contributed by atoms with Crippen LogP contribution in [0.15, 0.2) is 40.6 Å². The Hall–Kier alpha value is -3.04. The van der Waals surface area contributed by atoms with Crippen molar-refractivity contribution in [2.45, 2.75) is 26.8 Å². The number of carbonyl (C=O) groups is 2. The fourth-order valence-electron chi connectivity index (χ4n) is 2.81. The third kappa shape index (κ3) is 6.27. The molecule has 0 spiro atoms. The van der Waals surface area contributed by atoms with E-state index in [1.807, 2.05) is 6.92 Å². The summed E-state index contributed by atoms with van der Waals surface area (Å²) >= 11 is 12.5. The van der Waals surface area contributed by atoms with E-state index >= 15 is 0 Å². The van der Waals surface area contributed by atoms with E-state index < -0.39 is 17.7 Å². The van der Waals surface area contributed by atoms with Gasteiger partial charge in [-0.1, -0.05) is 11.6 Å². The van der Waals surface area contributed by atoms with Crippen LogP contribution < -0.4 is 23.4 Å². The molecule has 9 nitrogen and oxygen atoms in total. The molecule has 2 aromatic rings. The zero-order valence-electron chi connectivity index (χ0n) is 18.9. The summed E-state index contributed by atoms with van der Waals surface area (Å²) in [6.07, 6.45) is 0. The van der Waals surface area contributed by atoms with Crippen molar-refractivity contribution in [2.24, 2.45) is 10.2 Å². The lowest BCUT2D eigenvalue weighted by molar-refractivity contribution is -0.126. The van der Waals surface area contributed by atoms with Crippen LogP contribution in [0.5, 0.6) is 23.0 Å². The average Bonchev–Trinajstić information content (AvgIpc) is 2.79. The number of anilines is 1. The van der Waals surface area contributed by atoms with Gasteiger partial charge in [0, 0.05) is 17.8 Å². The molecule has 1 atom stereocenters. The maximum Gasteiger partial charge on any atom is 0.276 e. The number of Topliss-reactive ketones (excluding diaryl/α,β-unsaturated/α-hetero) is 1. The van der Waals surface area contributed by atoms with Gasteiger partial charge in [0.1, 0.15) is 22.9 Å². The highest BCUT2D eigenvalue weighted by atomic mass is 35.5. The first-order chi connectivity index (χ1) is 15.8. The molecule has 1 amide bonds. The lowest BCUT2D eigenvalue weighted by Gasteiger charge is -2.20. The molecule has 33 heavy (non-hydrogen) atoms. The molecule has 11 heteroatoms. The van der Waals surface area contributed by atoms with Crippen molar-refractivity contribution in [3.8, 4) is 23.0 Å². The minimum Gasteiger partial charge on any atom is -0.494 e. The number of hydrogen-bond acceptors (Lipinski definition) is 8. The van der Waals surface area contributed by atoms with Gasteiger partial charge in [-0.3, -0.25) is 9.59 Å². The largest absolute Gasteiger partial charge is 0.494 e. The standard InChI is InChI=1S/C22H25Cl2N3O6/c1-6-32-14-8-10-16(18(12-14)33-7-2)27(24)22(29)19(13(3)28)25-26-20-15(23)9-11-17(30-4)21(20)31-5/h8-12,19H,6-7H2,1-5H3. The van der Waals surface area contributed by atoms with E-state index in [-0.39, 0.29) is 22.1 Å². The van der Waals surface area contributed by atoms with Crippen molar-refractivity contribution < 1.29 is 28.5 Å². The highest BCUT2D eigenvalue weighted by Gasteiger charge is 2.31. The fraction of sp³-hybridized carbons (Fsp3) is 0.364.